The molecule has 1 N–H and O–H groups in total. The van der Waals surface area contributed by atoms with Crippen molar-refractivity contribution >= 4 is 11.9 Å². The van der Waals surface area contributed by atoms with Crippen LogP contribution in [0, 0.1) is 23.7 Å². The average Bonchev–Trinajstić information content (AvgIpc) is 3.40. The van der Waals surface area contributed by atoms with Gasteiger partial charge >= 0.3 is 11.9 Å². The highest BCUT2D eigenvalue weighted by Crippen LogP contribution is 2.47. The van der Waals surface area contributed by atoms with Crippen LogP contribution in [0.3, 0.4) is 0 Å². The molecule has 0 radical (unpaired) electrons. The van der Waals surface area contributed by atoms with Crippen molar-refractivity contribution in [3.8, 4) is 0 Å². The van der Waals surface area contributed by atoms with Crippen LogP contribution in [0.15, 0.2) is 11.3 Å². The van der Waals surface area contributed by atoms with Crippen molar-refractivity contribution in [3.05, 3.63) is 11.3 Å². The van der Waals surface area contributed by atoms with E-state index in [1.165, 1.54) is 6.92 Å². The molecule has 3 saturated heterocycles. The number of rotatable bonds is 9. The molecular formula is C40H69NO11. The maximum Gasteiger partial charge on any atom is 0.311 e. The molecule has 12 nitrogen and oxygen atoms in total. The molecule has 4 aliphatic heterocycles. The fraction of sp³-hybridized carbons (Fsp3) is 0.900. The Hall–Kier alpha value is -1.80. The van der Waals surface area contributed by atoms with Gasteiger partial charge in [-0.25, -0.2) is 0 Å². The number of nitrogens with zero attached hydrogens (tertiary/aromatic N) is 1. The molecule has 0 aromatic heterocycles. The van der Waals surface area contributed by atoms with Gasteiger partial charge in [0.1, 0.15) is 23.6 Å². The molecule has 300 valence electrons. The van der Waals surface area contributed by atoms with E-state index < -0.39 is 78.1 Å². The molecule has 0 aromatic rings. The Morgan fingerprint density at radius 3 is 2.23 bits per heavy atom. The molecule has 0 spiro atoms. The molecule has 3 fully saturated rings. The van der Waals surface area contributed by atoms with Crippen molar-refractivity contribution in [1.29, 1.82) is 0 Å². The van der Waals surface area contributed by atoms with Crippen molar-refractivity contribution in [2.75, 3.05) is 20.7 Å². The molecule has 16 atom stereocenters. The van der Waals surface area contributed by atoms with E-state index in [0.29, 0.717) is 37.9 Å². The van der Waals surface area contributed by atoms with Crippen molar-refractivity contribution in [3.63, 3.8) is 0 Å². The Morgan fingerprint density at radius 2 is 1.63 bits per heavy atom. The minimum absolute atomic E-state index is 0.143. The summed E-state index contributed by atoms with van der Waals surface area (Å²) < 4.78 is 52.1. The Labute approximate surface area is 312 Å². The van der Waals surface area contributed by atoms with Crippen LogP contribution in [-0.2, 0) is 47.5 Å². The van der Waals surface area contributed by atoms with E-state index >= 15 is 0 Å². The van der Waals surface area contributed by atoms with E-state index in [4.69, 9.17) is 37.9 Å². The van der Waals surface area contributed by atoms with Gasteiger partial charge in [0, 0.05) is 51.0 Å². The molecule has 52 heavy (non-hydrogen) atoms. The first-order valence-electron chi connectivity index (χ1n) is 19.6. The van der Waals surface area contributed by atoms with Crippen LogP contribution in [0.5, 0.6) is 0 Å². The summed E-state index contributed by atoms with van der Waals surface area (Å²) in [6.07, 6.45) is -2.72. The van der Waals surface area contributed by atoms with Crippen molar-refractivity contribution in [2.45, 2.75) is 188 Å². The largest absolute Gasteiger partial charge is 0.489 e. The number of hydrogen-bond acceptors (Lipinski definition) is 12. The standard InChI is InChI=1S/C40H69NO11/c1-15-30-24(6)32(43)25(7)33-21(3)18-40(12,52-33)36(51-38-35(48-28(10)42)29(41(13)16-2)17-22(4)47-38)26(8)34(27(9)37(44)49-30)50-31-20-39(11,45-14)19-23(5)46-31/h22-27,29-32,34-36,38,43H,15-20H2,1-14H3/t22-,23+,24+,25-,26+,27-,29+,30-,31+,32+,34+,35-,36-,38+,39+,40-/m1/s1. The van der Waals surface area contributed by atoms with E-state index in [-0.39, 0.29) is 30.1 Å². The van der Waals surface area contributed by atoms with E-state index in [1.807, 2.05) is 76.3 Å². The predicted octanol–water partition coefficient (Wildman–Crippen LogP) is 5.77. The maximum atomic E-state index is 14.2. The predicted molar refractivity (Wildman–Crippen MR) is 195 cm³/mol. The van der Waals surface area contributed by atoms with Crippen LogP contribution in [0.2, 0.25) is 0 Å². The summed E-state index contributed by atoms with van der Waals surface area (Å²) in [5.41, 5.74) is -0.449. The van der Waals surface area contributed by atoms with E-state index in [9.17, 15) is 14.7 Å². The number of cyclic esters (lactones) is 1. The SMILES string of the molecule is CC[C@H]1OC(=O)[C@H](C)[C@@H](O[C@H]2C[C@@](C)(OC)C[C@H](C)O2)[C@H](C)[C@@H](O[C@@H]2O[C@H](C)C[C@H](N(C)CC)[C@H]2OC(C)=O)[C@@]2(C)CC(C)=C(O2)[C@H](C)[C@@H](O)[C@H]1C. The lowest BCUT2D eigenvalue weighted by molar-refractivity contribution is -0.310. The summed E-state index contributed by atoms with van der Waals surface area (Å²) >= 11 is 0. The minimum Gasteiger partial charge on any atom is -0.489 e. The van der Waals surface area contributed by atoms with Crippen LogP contribution in [0.4, 0.5) is 0 Å². The summed E-state index contributed by atoms with van der Waals surface area (Å²) in [7, 11) is 3.70. The number of carbonyl (C=O) groups excluding carboxylic acids is 2. The topological polar surface area (TPSA) is 131 Å². The Balaban J connectivity index is 1.85. The zero-order valence-electron chi connectivity index (χ0n) is 34.3. The van der Waals surface area contributed by atoms with E-state index in [0.717, 1.165) is 12.1 Å². The molecule has 12 heteroatoms. The molecule has 0 aromatic carbocycles. The number of carbonyl (C=O) groups is 2. The zero-order valence-corrected chi connectivity index (χ0v) is 34.3. The number of aliphatic hydroxyl groups is 1. The average molecular weight is 740 g/mol. The summed E-state index contributed by atoms with van der Waals surface area (Å²) in [6.45, 7) is 23.9. The monoisotopic (exact) mass is 739 g/mol. The van der Waals surface area contributed by atoms with Crippen LogP contribution in [0.25, 0.3) is 0 Å². The van der Waals surface area contributed by atoms with Gasteiger partial charge in [-0.2, -0.15) is 0 Å². The summed E-state index contributed by atoms with van der Waals surface area (Å²) in [5.74, 6) is -2.17. The number of aliphatic hydroxyl groups excluding tert-OH is 1. The molecular weight excluding hydrogens is 670 g/mol. The van der Waals surface area contributed by atoms with Crippen LogP contribution in [-0.4, -0.2) is 115 Å². The maximum absolute atomic E-state index is 14.2. The molecule has 2 bridgehead atoms. The quantitative estimate of drug-likeness (QED) is 0.288. The van der Waals surface area contributed by atoms with Crippen LogP contribution < -0.4 is 0 Å². The van der Waals surface area contributed by atoms with E-state index in [1.54, 1.807) is 7.11 Å². The van der Waals surface area contributed by atoms with Gasteiger partial charge in [-0.1, -0.05) is 34.6 Å². The Bertz CT molecular complexity index is 1260. The number of methoxy groups -OCH3 is 1. The fourth-order valence-electron chi connectivity index (χ4n) is 9.19. The van der Waals surface area contributed by atoms with Gasteiger partial charge < -0.3 is 43.0 Å². The second-order valence-electron chi connectivity index (χ2n) is 16.8. The minimum atomic E-state index is -0.974. The summed E-state index contributed by atoms with van der Waals surface area (Å²) in [6, 6.07) is -0.159. The fourth-order valence-corrected chi connectivity index (χ4v) is 9.19. The smallest absolute Gasteiger partial charge is 0.311 e. The molecule has 4 rings (SSSR count). The number of fused-ring (bicyclic) bond motifs is 2. The van der Waals surface area contributed by atoms with Gasteiger partial charge in [-0.3, -0.25) is 14.5 Å². The van der Waals surface area contributed by atoms with Crippen LogP contribution >= 0.6 is 0 Å². The highest BCUT2D eigenvalue weighted by molar-refractivity contribution is 5.73. The number of hydrogen-bond donors (Lipinski definition) is 1. The van der Waals surface area contributed by atoms with Crippen molar-refractivity contribution in [2.24, 2.45) is 23.7 Å². The second kappa shape index (κ2) is 17.3. The van der Waals surface area contributed by atoms with Gasteiger partial charge in [0.15, 0.2) is 18.7 Å². The first-order chi connectivity index (χ1) is 24.3. The third-order valence-corrected chi connectivity index (χ3v) is 12.3. The lowest BCUT2D eigenvalue weighted by Gasteiger charge is -2.48. The van der Waals surface area contributed by atoms with Crippen LogP contribution in [0.1, 0.15) is 115 Å². The molecule has 4 aliphatic rings. The zero-order chi connectivity index (χ0) is 38.9. The third kappa shape index (κ3) is 9.34. The van der Waals surface area contributed by atoms with E-state index in [2.05, 4.69) is 11.8 Å². The van der Waals surface area contributed by atoms with Gasteiger partial charge in [0.25, 0.3) is 0 Å². The van der Waals surface area contributed by atoms with Gasteiger partial charge in [0.05, 0.1) is 42.0 Å². The van der Waals surface area contributed by atoms with Crippen molar-refractivity contribution in [1.82, 2.24) is 4.90 Å². The normalized spacial score (nSPS) is 45.0. The highest BCUT2D eigenvalue weighted by Gasteiger charge is 2.55. The molecule has 0 unspecified atom stereocenters. The summed E-state index contributed by atoms with van der Waals surface area (Å²) in [5, 5.41) is 11.7. The lowest BCUT2D eigenvalue weighted by atomic mass is 9.79. The third-order valence-electron chi connectivity index (χ3n) is 12.3. The molecule has 0 saturated carbocycles. The first kappa shape index (κ1) is 42.9. The number of ether oxygens (including phenoxy) is 8. The molecule has 0 aliphatic carbocycles. The molecule has 0 amide bonds. The highest BCUT2D eigenvalue weighted by atomic mass is 16.7. The summed E-state index contributed by atoms with van der Waals surface area (Å²) in [4.78, 5) is 28.9. The molecule has 4 heterocycles. The first-order valence-corrected chi connectivity index (χ1v) is 19.6. The Morgan fingerprint density at radius 1 is 0.962 bits per heavy atom. The van der Waals surface area contributed by atoms with Gasteiger partial charge in [-0.15, -0.1) is 0 Å². The Kier molecular flexibility index (Phi) is 14.3. The lowest BCUT2D eigenvalue weighted by Crippen LogP contribution is -2.60. The van der Waals surface area contributed by atoms with Gasteiger partial charge in [0.2, 0.25) is 0 Å². The van der Waals surface area contributed by atoms with Crippen molar-refractivity contribution < 1.29 is 52.6 Å². The number of esters is 2. The second-order valence-corrected chi connectivity index (χ2v) is 16.8. The van der Waals surface area contributed by atoms with Gasteiger partial charge in [-0.05, 0) is 73.5 Å². The number of likely N-dealkylation sites (N-methyl/N-ethyl adjacent to an activating group) is 1.